The van der Waals surface area contributed by atoms with Gasteiger partial charge in [0.15, 0.2) is 0 Å². The van der Waals surface area contributed by atoms with Crippen LogP contribution >= 0.6 is 11.6 Å². The van der Waals surface area contributed by atoms with Crippen molar-refractivity contribution < 1.29 is 0 Å². The molecule has 86 valence electrons. The van der Waals surface area contributed by atoms with Gasteiger partial charge in [-0.25, -0.2) is 0 Å². The Bertz CT molecular complexity index is 405. The van der Waals surface area contributed by atoms with Gasteiger partial charge in [-0.3, -0.25) is 0 Å². The topological polar surface area (TPSA) is 29.3 Å². The van der Waals surface area contributed by atoms with Crippen LogP contribution in [0.2, 0.25) is 5.02 Å². The minimum absolute atomic E-state index is 0.649. The maximum atomic E-state index is 6.25. The number of anilines is 1. The van der Waals surface area contributed by atoms with Crippen LogP contribution in [0.15, 0.2) is 18.2 Å². The van der Waals surface area contributed by atoms with E-state index in [0.717, 1.165) is 24.5 Å². The maximum absolute atomic E-state index is 6.25. The second-order valence-electron chi connectivity index (χ2n) is 4.82. The van der Waals surface area contributed by atoms with E-state index in [1.165, 1.54) is 24.1 Å². The van der Waals surface area contributed by atoms with Crippen molar-refractivity contribution in [2.24, 2.45) is 11.7 Å². The molecule has 0 bridgehead atoms. The molecule has 2 N–H and O–H groups in total. The molecule has 0 amide bonds. The first-order chi connectivity index (χ1) is 7.81. The molecule has 2 atom stereocenters. The maximum Gasteiger partial charge on any atom is 0.0458 e. The minimum Gasteiger partial charge on any atom is -0.368 e. The van der Waals surface area contributed by atoms with E-state index in [0.29, 0.717) is 12.0 Å². The third kappa shape index (κ3) is 1.44. The van der Waals surface area contributed by atoms with Crippen molar-refractivity contribution in [2.45, 2.75) is 25.3 Å². The van der Waals surface area contributed by atoms with E-state index in [2.05, 4.69) is 17.0 Å². The summed E-state index contributed by atoms with van der Waals surface area (Å²) in [6.07, 6.45) is 3.54. The van der Waals surface area contributed by atoms with Crippen LogP contribution in [-0.2, 0) is 6.42 Å². The van der Waals surface area contributed by atoms with Gasteiger partial charge < -0.3 is 10.6 Å². The van der Waals surface area contributed by atoms with Crippen LogP contribution in [0.3, 0.4) is 0 Å². The molecule has 2 heterocycles. The van der Waals surface area contributed by atoms with E-state index >= 15 is 0 Å². The van der Waals surface area contributed by atoms with Crippen LogP contribution in [0, 0.1) is 5.92 Å². The lowest BCUT2D eigenvalue weighted by Gasteiger charge is -2.36. The predicted octanol–water partition coefficient (Wildman–Crippen LogP) is 2.44. The van der Waals surface area contributed by atoms with Crippen LogP contribution in [0.4, 0.5) is 5.69 Å². The Labute approximate surface area is 101 Å². The Morgan fingerprint density at radius 3 is 3.06 bits per heavy atom. The number of hydrogen-bond donors (Lipinski definition) is 1. The van der Waals surface area contributed by atoms with Crippen LogP contribution in [0.5, 0.6) is 0 Å². The molecule has 2 unspecified atom stereocenters. The Morgan fingerprint density at radius 2 is 2.25 bits per heavy atom. The molecule has 3 rings (SSSR count). The zero-order chi connectivity index (χ0) is 11.1. The van der Waals surface area contributed by atoms with Gasteiger partial charge in [0.1, 0.15) is 0 Å². The predicted molar refractivity (Wildman–Crippen MR) is 68.1 cm³/mol. The average Bonchev–Trinajstić information content (AvgIpc) is 2.72. The van der Waals surface area contributed by atoms with Gasteiger partial charge in [-0.2, -0.15) is 0 Å². The zero-order valence-electron chi connectivity index (χ0n) is 9.32. The molecule has 3 heteroatoms. The summed E-state index contributed by atoms with van der Waals surface area (Å²) in [4.78, 5) is 2.52. The molecule has 2 aliphatic heterocycles. The molecule has 0 radical (unpaired) electrons. The number of nitrogens with two attached hydrogens (primary N) is 1. The fourth-order valence-electron chi connectivity index (χ4n) is 3.24. The SMILES string of the molecule is NCC1CCN2c3cccc(Cl)c3CCC12. The van der Waals surface area contributed by atoms with E-state index in [4.69, 9.17) is 17.3 Å². The van der Waals surface area contributed by atoms with Gasteiger partial charge in [0.2, 0.25) is 0 Å². The van der Waals surface area contributed by atoms with Gasteiger partial charge >= 0.3 is 0 Å². The quantitative estimate of drug-likeness (QED) is 0.812. The van der Waals surface area contributed by atoms with Gasteiger partial charge in [0.25, 0.3) is 0 Å². The van der Waals surface area contributed by atoms with Gasteiger partial charge in [-0.1, -0.05) is 17.7 Å². The summed E-state index contributed by atoms with van der Waals surface area (Å²) in [5.41, 5.74) is 8.52. The number of halogens is 1. The van der Waals surface area contributed by atoms with Crippen molar-refractivity contribution in [3.63, 3.8) is 0 Å². The summed E-state index contributed by atoms with van der Waals surface area (Å²) >= 11 is 6.25. The third-order valence-corrected chi connectivity index (χ3v) is 4.44. The number of benzene rings is 1. The highest BCUT2D eigenvalue weighted by Gasteiger charge is 2.37. The molecule has 0 saturated carbocycles. The Balaban J connectivity index is 1.99. The summed E-state index contributed by atoms with van der Waals surface area (Å²) in [6.45, 7) is 1.96. The Morgan fingerprint density at radius 1 is 1.38 bits per heavy atom. The summed E-state index contributed by atoms with van der Waals surface area (Å²) in [7, 11) is 0. The van der Waals surface area contributed by atoms with E-state index in [1.54, 1.807) is 0 Å². The molecule has 1 saturated heterocycles. The normalized spacial score (nSPS) is 27.8. The van der Waals surface area contributed by atoms with Crippen molar-refractivity contribution >= 4 is 17.3 Å². The lowest BCUT2D eigenvalue weighted by Crippen LogP contribution is -2.39. The Kier molecular flexibility index (Phi) is 2.56. The lowest BCUT2D eigenvalue weighted by atomic mass is 9.90. The molecule has 2 aliphatic rings. The monoisotopic (exact) mass is 236 g/mol. The highest BCUT2D eigenvalue weighted by molar-refractivity contribution is 6.31. The first-order valence-electron chi connectivity index (χ1n) is 6.05. The van der Waals surface area contributed by atoms with Gasteiger partial charge in [-0.05, 0) is 49.4 Å². The molecule has 0 spiro atoms. The van der Waals surface area contributed by atoms with E-state index in [9.17, 15) is 0 Å². The number of nitrogens with zero attached hydrogens (tertiary/aromatic N) is 1. The van der Waals surface area contributed by atoms with Crippen LogP contribution in [0.25, 0.3) is 0 Å². The Hall–Kier alpha value is -0.730. The average molecular weight is 237 g/mol. The molecule has 16 heavy (non-hydrogen) atoms. The van der Waals surface area contributed by atoms with Crippen LogP contribution in [-0.4, -0.2) is 19.1 Å². The molecule has 0 aromatic heterocycles. The number of rotatable bonds is 1. The minimum atomic E-state index is 0.649. The molecule has 2 nitrogen and oxygen atoms in total. The lowest BCUT2D eigenvalue weighted by molar-refractivity contribution is 0.446. The summed E-state index contributed by atoms with van der Waals surface area (Å²) in [5, 5.41) is 0.923. The van der Waals surface area contributed by atoms with Gasteiger partial charge in [0.05, 0.1) is 0 Å². The molecule has 0 aliphatic carbocycles. The number of fused-ring (bicyclic) bond motifs is 3. The van der Waals surface area contributed by atoms with E-state index < -0.39 is 0 Å². The van der Waals surface area contributed by atoms with Crippen molar-refractivity contribution in [3.8, 4) is 0 Å². The standard InChI is InChI=1S/C13H17ClN2/c14-11-2-1-3-13-10(11)4-5-12-9(8-15)6-7-16(12)13/h1-3,9,12H,4-8,15H2. The molecule has 1 aromatic rings. The second-order valence-corrected chi connectivity index (χ2v) is 5.23. The highest BCUT2D eigenvalue weighted by atomic mass is 35.5. The second kappa shape index (κ2) is 3.94. The van der Waals surface area contributed by atoms with Gasteiger partial charge in [0, 0.05) is 23.3 Å². The molecule has 1 fully saturated rings. The largest absolute Gasteiger partial charge is 0.368 e. The third-order valence-electron chi connectivity index (χ3n) is 4.08. The van der Waals surface area contributed by atoms with Gasteiger partial charge in [-0.15, -0.1) is 0 Å². The zero-order valence-corrected chi connectivity index (χ0v) is 10.1. The van der Waals surface area contributed by atoms with E-state index in [1.807, 2.05) is 6.07 Å². The fourth-order valence-corrected chi connectivity index (χ4v) is 3.50. The first-order valence-corrected chi connectivity index (χ1v) is 6.43. The molecule has 1 aromatic carbocycles. The highest BCUT2D eigenvalue weighted by Crippen LogP contribution is 2.40. The fraction of sp³-hybridized carbons (Fsp3) is 0.538. The van der Waals surface area contributed by atoms with Crippen molar-refractivity contribution in [2.75, 3.05) is 18.0 Å². The van der Waals surface area contributed by atoms with E-state index in [-0.39, 0.29) is 0 Å². The summed E-state index contributed by atoms with van der Waals surface area (Å²) in [6, 6.07) is 6.90. The van der Waals surface area contributed by atoms with Crippen molar-refractivity contribution in [1.82, 2.24) is 0 Å². The van der Waals surface area contributed by atoms with Crippen LogP contribution < -0.4 is 10.6 Å². The molecular formula is C13H17ClN2. The van der Waals surface area contributed by atoms with Crippen molar-refractivity contribution in [3.05, 3.63) is 28.8 Å². The first kappa shape index (κ1) is 10.4. The smallest absolute Gasteiger partial charge is 0.0458 e. The number of hydrogen-bond acceptors (Lipinski definition) is 2. The van der Waals surface area contributed by atoms with Crippen LogP contribution in [0.1, 0.15) is 18.4 Å². The summed E-state index contributed by atoms with van der Waals surface area (Å²) < 4.78 is 0. The molecular weight excluding hydrogens is 220 g/mol. The summed E-state index contributed by atoms with van der Waals surface area (Å²) in [5.74, 6) is 0.673. The van der Waals surface area contributed by atoms with Crippen molar-refractivity contribution in [1.29, 1.82) is 0 Å².